The van der Waals surface area contributed by atoms with E-state index >= 15 is 0 Å². The first-order valence-electron chi connectivity index (χ1n) is 8.42. The Morgan fingerprint density at radius 2 is 1.96 bits per heavy atom. The molecule has 0 atom stereocenters. The summed E-state index contributed by atoms with van der Waals surface area (Å²) in [5.41, 5.74) is 5.45. The van der Waals surface area contributed by atoms with E-state index in [1.807, 2.05) is 54.4 Å². The second-order valence-corrected chi connectivity index (χ2v) is 7.06. The van der Waals surface area contributed by atoms with Gasteiger partial charge in [0.15, 0.2) is 0 Å². The molecule has 2 aromatic heterocycles. The molecule has 1 amide bonds. The Kier molecular flexibility index (Phi) is 5.34. The van der Waals surface area contributed by atoms with Gasteiger partial charge < -0.3 is 4.90 Å². The highest BCUT2D eigenvalue weighted by molar-refractivity contribution is 7.07. The fourth-order valence-corrected chi connectivity index (χ4v) is 3.63. The van der Waals surface area contributed by atoms with E-state index in [4.69, 9.17) is 0 Å². The summed E-state index contributed by atoms with van der Waals surface area (Å²) >= 11 is 1.67. The lowest BCUT2D eigenvalue weighted by molar-refractivity contribution is -0.130. The lowest BCUT2D eigenvalue weighted by Gasteiger charge is -2.17. The first-order valence-corrected chi connectivity index (χ1v) is 9.36. The summed E-state index contributed by atoms with van der Waals surface area (Å²) in [5, 5.41) is 8.81. The molecule has 0 aliphatic carbocycles. The summed E-state index contributed by atoms with van der Waals surface area (Å²) in [4.78, 5) is 14.2. The molecule has 0 bridgehead atoms. The maximum absolute atomic E-state index is 12.4. The molecule has 130 valence electrons. The molecular formula is C20H23N3OS. The zero-order chi connectivity index (χ0) is 17.8. The van der Waals surface area contributed by atoms with Crippen LogP contribution in [0.4, 0.5) is 0 Å². The summed E-state index contributed by atoms with van der Waals surface area (Å²) < 4.78 is 1.95. The molecule has 0 fully saturated rings. The number of rotatable bonds is 6. The molecule has 0 spiro atoms. The summed E-state index contributed by atoms with van der Waals surface area (Å²) in [6.07, 6.45) is 1.34. The summed E-state index contributed by atoms with van der Waals surface area (Å²) in [6, 6.07) is 12.2. The molecule has 3 rings (SSSR count). The van der Waals surface area contributed by atoms with Crippen LogP contribution in [-0.2, 0) is 17.8 Å². The number of carbonyl (C=O) groups excluding carboxylic acids is 1. The zero-order valence-corrected chi connectivity index (χ0v) is 15.7. The zero-order valence-electron chi connectivity index (χ0n) is 14.9. The van der Waals surface area contributed by atoms with Gasteiger partial charge in [0.2, 0.25) is 5.91 Å². The van der Waals surface area contributed by atoms with Crippen molar-refractivity contribution in [3.8, 4) is 5.69 Å². The van der Waals surface area contributed by atoms with E-state index in [0.29, 0.717) is 13.0 Å². The molecule has 0 unspecified atom stereocenters. The second kappa shape index (κ2) is 7.66. The molecule has 0 radical (unpaired) electrons. The Hall–Kier alpha value is -2.40. The molecule has 0 aliphatic rings. The lowest BCUT2D eigenvalue weighted by Crippen LogP contribution is -2.26. The summed E-state index contributed by atoms with van der Waals surface area (Å²) in [7, 11) is 1.87. The molecule has 0 saturated carbocycles. The van der Waals surface area contributed by atoms with Gasteiger partial charge in [-0.15, -0.1) is 0 Å². The molecule has 2 heterocycles. The topological polar surface area (TPSA) is 38.1 Å². The number of para-hydroxylation sites is 1. The van der Waals surface area contributed by atoms with Crippen LogP contribution in [0.1, 0.15) is 28.9 Å². The Morgan fingerprint density at radius 1 is 1.20 bits per heavy atom. The van der Waals surface area contributed by atoms with E-state index < -0.39 is 0 Å². The summed E-state index contributed by atoms with van der Waals surface area (Å²) in [5.74, 6) is 0.164. The Labute approximate surface area is 152 Å². The highest BCUT2D eigenvalue weighted by Crippen LogP contribution is 2.19. The van der Waals surface area contributed by atoms with Crippen LogP contribution in [0.5, 0.6) is 0 Å². The Morgan fingerprint density at radius 3 is 2.64 bits per heavy atom. The van der Waals surface area contributed by atoms with Gasteiger partial charge in [-0.2, -0.15) is 16.4 Å². The number of aryl methyl sites for hydroxylation is 2. The van der Waals surface area contributed by atoms with E-state index in [1.54, 1.807) is 16.2 Å². The maximum Gasteiger partial charge on any atom is 0.222 e. The van der Waals surface area contributed by atoms with E-state index in [9.17, 15) is 4.79 Å². The minimum atomic E-state index is 0.164. The quantitative estimate of drug-likeness (QED) is 0.668. The first kappa shape index (κ1) is 17.4. The molecule has 0 N–H and O–H groups in total. The first-order chi connectivity index (χ1) is 12.1. The van der Waals surface area contributed by atoms with Gasteiger partial charge in [0, 0.05) is 31.3 Å². The van der Waals surface area contributed by atoms with Crippen molar-refractivity contribution in [3.05, 3.63) is 69.7 Å². The van der Waals surface area contributed by atoms with Crippen molar-refractivity contribution < 1.29 is 4.79 Å². The van der Waals surface area contributed by atoms with Crippen LogP contribution in [0, 0.1) is 13.8 Å². The highest BCUT2D eigenvalue weighted by Gasteiger charge is 2.17. The SMILES string of the molecule is Cc1nn(-c2ccccc2)c(C)c1CN(C)C(=O)CCc1ccsc1. The molecule has 4 nitrogen and oxygen atoms in total. The van der Waals surface area contributed by atoms with Gasteiger partial charge in [0.05, 0.1) is 11.4 Å². The standard InChI is InChI=1S/C20H23N3OS/c1-15-19(16(2)23(21-15)18-7-5-4-6-8-18)13-22(3)20(24)10-9-17-11-12-25-14-17/h4-8,11-12,14H,9-10,13H2,1-3H3. The minimum absolute atomic E-state index is 0.164. The average molecular weight is 353 g/mol. The highest BCUT2D eigenvalue weighted by atomic mass is 32.1. The van der Waals surface area contributed by atoms with Crippen LogP contribution in [0.25, 0.3) is 5.69 Å². The second-order valence-electron chi connectivity index (χ2n) is 6.28. The van der Waals surface area contributed by atoms with Gasteiger partial charge in [0.1, 0.15) is 0 Å². The van der Waals surface area contributed by atoms with Crippen LogP contribution in [0.2, 0.25) is 0 Å². The van der Waals surface area contributed by atoms with E-state index in [-0.39, 0.29) is 5.91 Å². The summed E-state index contributed by atoms with van der Waals surface area (Å²) in [6.45, 7) is 4.66. The number of carbonyl (C=O) groups is 1. The van der Waals surface area contributed by atoms with E-state index in [2.05, 4.69) is 23.5 Å². The van der Waals surface area contributed by atoms with Crippen molar-refractivity contribution in [3.63, 3.8) is 0 Å². The van der Waals surface area contributed by atoms with Crippen molar-refractivity contribution in [2.75, 3.05) is 7.05 Å². The number of hydrogen-bond acceptors (Lipinski definition) is 3. The van der Waals surface area contributed by atoms with Crippen LogP contribution in [0.3, 0.4) is 0 Å². The van der Waals surface area contributed by atoms with Gasteiger partial charge in [-0.3, -0.25) is 4.79 Å². The maximum atomic E-state index is 12.4. The number of aromatic nitrogens is 2. The Bertz CT molecular complexity index is 837. The van der Waals surface area contributed by atoms with Crippen molar-refractivity contribution in [1.82, 2.24) is 14.7 Å². The van der Waals surface area contributed by atoms with Gasteiger partial charge in [-0.25, -0.2) is 4.68 Å². The van der Waals surface area contributed by atoms with Gasteiger partial charge in [-0.1, -0.05) is 18.2 Å². The van der Waals surface area contributed by atoms with Gasteiger partial charge >= 0.3 is 0 Å². The molecule has 0 aliphatic heterocycles. The fraction of sp³-hybridized carbons (Fsp3) is 0.300. The predicted molar refractivity (Wildman–Crippen MR) is 102 cm³/mol. The smallest absolute Gasteiger partial charge is 0.222 e. The third-order valence-electron chi connectivity index (χ3n) is 4.47. The van der Waals surface area contributed by atoms with Crippen LogP contribution >= 0.6 is 11.3 Å². The molecule has 5 heteroatoms. The molecule has 25 heavy (non-hydrogen) atoms. The third kappa shape index (κ3) is 3.99. The average Bonchev–Trinajstić information content (AvgIpc) is 3.24. The number of nitrogens with zero attached hydrogens (tertiary/aromatic N) is 3. The molecule has 1 aromatic carbocycles. The number of thiophene rings is 1. The molecular weight excluding hydrogens is 330 g/mol. The van der Waals surface area contributed by atoms with Gasteiger partial charge in [-0.05, 0) is 54.8 Å². The van der Waals surface area contributed by atoms with Crippen LogP contribution in [-0.4, -0.2) is 27.6 Å². The van der Waals surface area contributed by atoms with Crippen molar-refractivity contribution >= 4 is 17.2 Å². The molecule has 3 aromatic rings. The monoisotopic (exact) mass is 353 g/mol. The predicted octanol–water partition coefficient (Wildman–Crippen LogP) is 4.14. The van der Waals surface area contributed by atoms with E-state index in [0.717, 1.165) is 29.1 Å². The lowest BCUT2D eigenvalue weighted by atomic mass is 10.1. The normalized spacial score (nSPS) is 10.8. The van der Waals surface area contributed by atoms with Crippen molar-refractivity contribution in [2.45, 2.75) is 33.2 Å². The minimum Gasteiger partial charge on any atom is -0.341 e. The van der Waals surface area contributed by atoms with Crippen molar-refractivity contribution in [1.29, 1.82) is 0 Å². The number of hydrogen-bond donors (Lipinski definition) is 0. The third-order valence-corrected chi connectivity index (χ3v) is 5.20. The van der Waals surface area contributed by atoms with Crippen LogP contribution in [0.15, 0.2) is 47.2 Å². The van der Waals surface area contributed by atoms with Crippen LogP contribution < -0.4 is 0 Å². The Balaban J connectivity index is 1.70. The van der Waals surface area contributed by atoms with Crippen molar-refractivity contribution in [2.24, 2.45) is 0 Å². The fourth-order valence-electron chi connectivity index (χ4n) is 2.93. The molecule has 0 saturated heterocycles. The van der Waals surface area contributed by atoms with Gasteiger partial charge in [0.25, 0.3) is 0 Å². The number of amides is 1. The van der Waals surface area contributed by atoms with E-state index in [1.165, 1.54) is 5.56 Å². The number of benzene rings is 1. The largest absolute Gasteiger partial charge is 0.341 e.